The summed E-state index contributed by atoms with van der Waals surface area (Å²) in [6.45, 7) is 2.24. The highest BCUT2D eigenvalue weighted by Gasteiger charge is 2.63. The molecule has 0 saturated heterocycles. The van der Waals surface area contributed by atoms with Gasteiger partial charge in [0.25, 0.3) is 0 Å². The van der Waals surface area contributed by atoms with Crippen molar-refractivity contribution in [3.63, 3.8) is 0 Å². The minimum Gasteiger partial charge on any atom is -0.467 e. The van der Waals surface area contributed by atoms with Gasteiger partial charge in [-0.25, -0.2) is 13.2 Å². The lowest BCUT2D eigenvalue weighted by Gasteiger charge is -2.34. The summed E-state index contributed by atoms with van der Waals surface area (Å²) in [7, 11) is -3.93. The van der Waals surface area contributed by atoms with Crippen molar-refractivity contribution in [2.75, 3.05) is 13.7 Å². The lowest BCUT2D eigenvalue weighted by molar-refractivity contribution is -0.207. The number of nitrogens with one attached hydrogen (secondary N) is 2. The largest absolute Gasteiger partial charge is 0.467 e. The van der Waals surface area contributed by atoms with Crippen LogP contribution in [-0.2, 0) is 19.6 Å². The second kappa shape index (κ2) is 9.15. The number of sulfonamides is 1. The Kier molecular flexibility index (Phi) is 7.27. The van der Waals surface area contributed by atoms with Gasteiger partial charge in [0.05, 0.1) is 12.0 Å². The van der Waals surface area contributed by atoms with Crippen molar-refractivity contribution in [2.45, 2.75) is 36.5 Å². The van der Waals surface area contributed by atoms with E-state index < -0.39 is 45.2 Å². The van der Waals surface area contributed by atoms with Crippen LogP contribution in [0.4, 0.5) is 13.2 Å². The molecule has 0 aliphatic heterocycles. The first-order valence-corrected chi connectivity index (χ1v) is 10.5. The van der Waals surface area contributed by atoms with Gasteiger partial charge in [0.15, 0.2) is 0 Å². The normalized spacial score (nSPS) is 15.3. The number of rotatable bonds is 8. The molecule has 0 spiro atoms. The van der Waals surface area contributed by atoms with Crippen molar-refractivity contribution in [1.29, 1.82) is 0 Å². The van der Waals surface area contributed by atoms with Crippen LogP contribution in [0.3, 0.4) is 0 Å². The van der Waals surface area contributed by atoms with E-state index in [0.29, 0.717) is 5.56 Å². The Labute approximate surface area is 173 Å². The van der Waals surface area contributed by atoms with E-state index in [2.05, 4.69) is 10.1 Å². The van der Waals surface area contributed by atoms with Gasteiger partial charge in [-0.3, -0.25) is 0 Å². The number of halogens is 3. The zero-order valence-electron chi connectivity index (χ0n) is 16.7. The molecule has 2 rings (SSSR count). The molecule has 30 heavy (non-hydrogen) atoms. The number of alkyl halides is 3. The third-order valence-electron chi connectivity index (χ3n) is 4.63. The van der Waals surface area contributed by atoms with Gasteiger partial charge >= 0.3 is 12.1 Å². The minimum absolute atomic E-state index is 0.401. The standard InChI is InChI=1S/C20H23F3N2O4S/c1-14-9-11-17(12-10-14)30(27,28)25-19(18(26)29-3,20(21,22)23)13-24-15(2)16-7-5-4-6-8-16/h4-12,15,24-25H,13H2,1-3H3/t15-,19+/m1/s1. The van der Waals surface area contributed by atoms with Gasteiger partial charge in [-0.1, -0.05) is 48.0 Å². The number of benzene rings is 2. The van der Waals surface area contributed by atoms with Crippen molar-refractivity contribution in [2.24, 2.45) is 0 Å². The zero-order valence-corrected chi connectivity index (χ0v) is 17.5. The van der Waals surface area contributed by atoms with E-state index in [9.17, 15) is 26.4 Å². The topological polar surface area (TPSA) is 84.5 Å². The maximum atomic E-state index is 14.1. The molecule has 0 radical (unpaired) electrons. The molecule has 0 aliphatic rings. The van der Waals surface area contributed by atoms with Crippen molar-refractivity contribution in [3.05, 3.63) is 65.7 Å². The summed E-state index contributed by atoms with van der Waals surface area (Å²) in [5.74, 6) is -1.77. The Hall–Kier alpha value is -2.43. The van der Waals surface area contributed by atoms with Gasteiger partial charge in [0.1, 0.15) is 0 Å². The van der Waals surface area contributed by atoms with Crippen LogP contribution in [0.1, 0.15) is 24.1 Å². The third-order valence-corrected chi connectivity index (χ3v) is 6.14. The highest BCUT2D eigenvalue weighted by atomic mass is 32.2. The molecule has 6 nitrogen and oxygen atoms in total. The molecule has 0 saturated carbocycles. The van der Waals surface area contributed by atoms with E-state index in [1.807, 2.05) is 0 Å². The molecule has 0 aromatic heterocycles. The van der Waals surface area contributed by atoms with Crippen LogP contribution < -0.4 is 10.0 Å². The van der Waals surface area contributed by atoms with E-state index in [1.165, 1.54) is 12.1 Å². The van der Waals surface area contributed by atoms with Crippen molar-refractivity contribution in [3.8, 4) is 0 Å². The number of hydrogen-bond acceptors (Lipinski definition) is 5. The number of ether oxygens (including phenoxy) is 1. The maximum absolute atomic E-state index is 14.1. The number of carbonyl (C=O) groups is 1. The summed E-state index contributed by atoms with van der Waals surface area (Å²) in [5.41, 5.74) is -2.13. The van der Waals surface area contributed by atoms with Gasteiger partial charge in [-0.2, -0.15) is 17.9 Å². The first kappa shape index (κ1) is 23.8. The van der Waals surface area contributed by atoms with E-state index in [-0.39, 0.29) is 0 Å². The van der Waals surface area contributed by atoms with E-state index in [0.717, 1.165) is 24.8 Å². The summed E-state index contributed by atoms with van der Waals surface area (Å²) in [6, 6.07) is 13.2. The molecule has 2 N–H and O–H groups in total. The molecular weight excluding hydrogens is 421 g/mol. The second-order valence-corrected chi connectivity index (χ2v) is 8.51. The fraction of sp³-hybridized carbons (Fsp3) is 0.350. The van der Waals surface area contributed by atoms with Gasteiger partial charge in [-0.05, 0) is 31.5 Å². The highest BCUT2D eigenvalue weighted by Crippen LogP contribution is 2.33. The first-order valence-electron chi connectivity index (χ1n) is 8.97. The summed E-state index contributed by atoms with van der Waals surface area (Å²) in [4.78, 5) is 11.9. The smallest absolute Gasteiger partial charge is 0.419 e. The minimum atomic E-state index is -5.28. The summed E-state index contributed by atoms with van der Waals surface area (Å²) >= 11 is 0. The van der Waals surface area contributed by atoms with Crippen LogP contribution in [0, 0.1) is 6.92 Å². The molecular formula is C20H23F3N2O4S. The Bertz CT molecular complexity index is 964. The first-order chi connectivity index (χ1) is 13.9. The molecule has 0 unspecified atom stereocenters. The number of aryl methyl sites for hydroxylation is 1. The van der Waals surface area contributed by atoms with Crippen molar-refractivity contribution >= 4 is 16.0 Å². The quantitative estimate of drug-likeness (QED) is 0.612. The molecule has 0 heterocycles. The number of methoxy groups -OCH3 is 1. The molecule has 0 amide bonds. The SMILES string of the molecule is COC(=O)[C@](CN[C@H](C)c1ccccc1)(NS(=O)(=O)c1ccc(C)cc1)C(F)(F)F. The van der Waals surface area contributed by atoms with E-state index in [4.69, 9.17) is 0 Å². The van der Waals surface area contributed by atoms with Crippen LogP contribution in [0.2, 0.25) is 0 Å². The lowest BCUT2D eigenvalue weighted by Crippen LogP contribution is -2.68. The molecule has 2 aromatic rings. The predicted molar refractivity (Wildman–Crippen MR) is 105 cm³/mol. The molecule has 164 valence electrons. The van der Waals surface area contributed by atoms with Gasteiger partial charge < -0.3 is 10.1 Å². The molecule has 10 heteroatoms. The Morgan fingerprint density at radius 1 is 1.07 bits per heavy atom. The number of hydrogen-bond donors (Lipinski definition) is 2. The second-order valence-electron chi connectivity index (χ2n) is 6.83. The third kappa shape index (κ3) is 5.18. The summed E-state index contributed by atoms with van der Waals surface area (Å²) < 4.78 is 73.6. The Morgan fingerprint density at radius 2 is 1.63 bits per heavy atom. The van der Waals surface area contributed by atoms with Crippen molar-refractivity contribution in [1.82, 2.24) is 10.0 Å². The molecule has 0 fully saturated rings. The molecule has 2 atom stereocenters. The van der Waals surface area contributed by atoms with Gasteiger partial charge in [-0.15, -0.1) is 0 Å². The van der Waals surface area contributed by atoms with E-state index in [1.54, 1.807) is 48.9 Å². The van der Waals surface area contributed by atoms with Crippen molar-refractivity contribution < 1.29 is 31.1 Å². The Balaban J connectivity index is 2.42. The number of carbonyl (C=O) groups excluding carboxylic acids is 1. The average molecular weight is 444 g/mol. The lowest BCUT2D eigenvalue weighted by atomic mass is 9.99. The van der Waals surface area contributed by atoms with Gasteiger partial charge in [0, 0.05) is 12.6 Å². The monoisotopic (exact) mass is 444 g/mol. The van der Waals surface area contributed by atoms with Crippen LogP contribution in [0.15, 0.2) is 59.5 Å². The average Bonchev–Trinajstić information content (AvgIpc) is 2.70. The fourth-order valence-corrected chi connectivity index (χ4v) is 4.11. The molecule has 0 bridgehead atoms. The molecule has 0 aliphatic carbocycles. The van der Waals surface area contributed by atoms with E-state index >= 15 is 0 Å². The summed E-state index contributed by atoms with van der Waals surface area (Å²) in [6.07, 6.45) is -5.28. The number of esters is 1. The highest BCUT2D eigenvalue weighted by molar-refractivity contribution is 7.89. The van der Waals surface area contributed by atoms with Crippen LogP contribution in [0.25, 0.3) is 0 Å². The van der Waals surface area contributed by atoms with Crippen LogP contribution >= 0.6 is 0 Å². The maximum Gasteiger partial charge on any atom is 0.419 e. The fourth-order valence-electron chi connectivity index (χ4n) is 2.77. The van der Waals surface area contributed by atoms with Gasteiger partial charge in [0.2, 0.25) is 15.6 Å². The van der Waals surface area contributed by atoms with Crippen LogP contribution in [-0.4, -0.2) is 39.8 Å². The van der Waals surface area contributed by atoms with Crippen LogP contribution in [0.5, 0.6) is 0 Å². The summed E-state index contributed by atoms with van der Waals surface area (Å²) in [5, 5.41) is 2.60. The Morgan fingerprint density at radius 3 is 2.13 bits per heavy atom. The zero-order chi connectivity index (χ0) is 22.6. The predicted octanol–water partition coefficient (Wildman–Crippen LogP) is 3.10. The molecule has 2 aromatic carbocycles.